The average Bonchev–Trinajstić information content (AvgIpc) is 3.21. The number of carbonyl (C=O) groups excluding carboxylic acids is 1. The number of benzene rings is 3. The summed E-state index contributed by atoms with van der Waals surface area (Å²) in [5.41, 5.74) is 4.94. The largest absolute Gasteiger partial charge is 0.490 e. The number of aromatic nitrogens is 1. The summed E-state index contributed by atoms with van der Waals surface area (Å²) in [5.74, 6) is 1.76. The van der Waals surface area contributed by atoms with E-state index in [2.05, 4.69) is 41.4 Å². The molecule has 1 aromatic heterocycles. The summed E-state index contributed by atoms with van der Waals surface area (Å²) in [5, 5.41) is 2.55. The van der Waals surface area contributed by atoms with Crippen LogP contribution in [-0.2, 0) is 16.0 Å². The van der Waals surface area contributed by atoms with E-state index in [1.807, 2.05) is 6.07 Å². The number of halogens is 2. The Morgan fingerprint density at radius 3 is 2.40 bits per heavy atom. The fraction of sp³-hybridized carbons (Fsp3) is 0.364. The summed E-state index contributed by atoms with van der Waals surface area (Å²) in [7, 11) is 0. The van der Waals surface area contributed by atoms with Gasteiger partial charge in [-0.05, 0) is 97.3 Å². The molecule has 0 saturated carbocycles. The van der Waals surface area contributed by atoms with Crippen molar-refractivity contribution in [2.75, 3.05) is 13.2 Å². The maximum absolute atomic E-state index is 12.7. The molecule has 2 heterocycles. The van der Waals surface area contributed by atoms with Gasteiger partial charge in [-0.1, -0.05) is 35.3 Å². The molecule has 2 atom stereocenters. The lowest BCUT2D eigenvalue weighted by Gasteiger charge is -2.24. The number of H-pyrrole nitrogens is 1. The van der Waals surface area contributed by atoms with Gasteiger partial charge < -0.3 is 19.2 Å². The SMILES string of the molecule is O=C(CCC1CCc2c([nH]c3ccc(Cl)cc23)C(c2ccc(OC3CCOCC3)cc2)C1)Oc1ccc(Cl)cc1. The Labute approximate surface area is 244 Å². The first-order valence-electron chi connectivity index (χ1n) is 14.1. The van der Waals surface area contributed by atoms with Crippen molar-refractivity contribution in [3.8, 4) is 11.5 Å². The fourth-order valence-electron chi connectivity index (χ4n) is 6.06. The molecule has 3 aromatic carbocycles. The van der Waals surface area contributed by atoms with Gasteiger partial charge in [-0.3, -0.25) is 4.79 Å². The second-order valence-corrected chi connectivity index (χ2v) is 11.7. The van der Waals surface area contributed by atoms with E-state index in [0.29, 0.717) is 23.1 Å². The van der Waals surface area contributed by atoms with Crippen LogP contribution in [0.25, 0.3) is 10.9 Å². The number of nitrogens with one attached hydrogen (secondary N) is 1. The number of carbonyl (C=O) groups is 1. The predicted octanol–water partition coefficient (Wildman–Crippen LogP) is 8.50. The van der Waals surface area contributed by atoms with Crippen LogP contribution in [0, 0.1) is 5.92 Å². The molecule has 2 aliphatic rings. The van der Waals surface area contributed by atoms with Gasteiger partial charge >= 0.3 is 5.97 Å². The Hall–Kier alpha value is -2.99. The molecule has 1 saturated heterocycles. The molecule has 40 heavy (non-hydrogen) atoms. The highest BCUT2D eigenvalue weighted by Gasteiger charge is 2.29. The second kappa shape index (κ2) is 12.3. The number of aryl methyl sites for hydroxylation is 1. The van der Waals surface area contributed by atoms with Crippen LogP contribution in [0.4, 0.5) is 0 Å². The summed E-state index contributed by atoms with van der Waals surface area (Å²) < 4.78 is 17.3. The van der Waals surface area contributed by atoms with Gasteiger partial charge in [0.1, 0.15) is 17.6 Å². The van der Waals surface area contributed by atoms with E-state index in [9.17, 15) is 4.79 Å². The van der Waals surface area contributed by atoms with Crippen molar-refractivity contribution >= 4 is 40.1 Å². The van der Waals surface area contributed by atoms with Crippen molar-refractivity contribution in [1.82, 2.24) is 4.98 Å². The Bertz CT molecular complexity index is 1460. The number of rotatable bonds is 7. The predicted molar refractivity (Wildman–Crippen MR) is 159 cm³/mol. The van der Waals surface area contributed by atoms with Crippen LogP contribution in [0.15, 0.2) is 66.7 Å². The molecule has 7 heteroatoms. The van der Waals surface area contributed by atoms with Gasteiger partial charge in [-0.25, -0.2) is 0 Å². The molecule has 208 valence electrons. The first kappa shape index (κ1) is 27.2. The van der Waals surface area contributed by atoms with E-state index in [0.717, 1.165) is 68.0 Å². The van der Waals surface area contributed by atoms with E-state index in [1.165, 1.54) is 22.2 Å². The van der Waals surface area contributed by atoms with Crippen LogP contribution >= 0.6 is 23.2 Å². The number of ether oxygens (including phenoxy) is 3. The van der Waals surface area contributed by atoms with Crippen LogP contribution in [0.3, 0.4) is 0 Å². The van der Waals surface area contributed by atoms with Crippen LogP contribution < -0.4 is 9.47 Å². The van der Waals surface area contributed by atoms with Gasteiger partial charge in [0, 0.05) is 51.8 Å². The monoisotopic (exact) mass is 577 g/mol. The zero-order valence-electron chi connectivity index (χ0n) is 22.3. The fourth-order valence-corrected chi connectivity index (χ4v) is 6.36. The van der Waals surface area contributed by atoms with E-state index in [4.69, 9.17) is 37.4 Å². The molecular weight excluding hydrogens is 545 g/mol. The maximum atomic E-state index is 12.7. The van der Waals surface area contributed by atoms with Gasteiger partial charge in [-0.2, -0.15) is 0 Å². The maximum Gasteiger partial charge on any atom is 0.311 e. The third kappa shape index (κ3) is 6.33. The summed E-state index contributed by atoms with van der Waals surface area (Å²) in [4.78, 5) is 16.4. The van der Waals surface area contributed by atoms with E-state index in [-0.39, 0.29) is 18.0 Å². The van der Waals surface area contributed by atoms with Crippen molar-refractivity contribution in [2.24, 2.45) is 5.92 Å². The minimum Gasteiger partial charge on any atom is -0.490 e. The molecule has 6 rings (SSSR count). The molecule has 1 aliphatic carbocycles. The smallest absolute Gasteiger partial charge is 0.311 e. The lowest BCUT2D eigenvalue weighted by atomic mass is 9.85. The van der Waals surface area contributed by atoms with Crippen molar-refractivity contribution in [2.45, 2.75) is 57.0 Å². The van der Waals surface area contributed by atoms with Crippen molar-refractivity contribution in [1.29, 1.82) is 0 Å². The Kier molecular flexibility index (Phi) is 8.33. The molecule has 0 spiro atoms. The van der Waals surface area contributed by atoms with Crippen LogP contribution in [0.2, 0.25) is 10.0 Å². The van der Waals surface area contributed by atoms with Crippen LogP contribution in [-0.4, -0.2) is 30.3 Å². The van der Waals surface area contributed by atoms with Gasteiger partial charge in [0.2, 0.25) is 0 Å². The second-order valence-electron chi connectivity index (χ2n) is 10.9. The molecule has 0 amide bonds. The molecule has 2 unspecified atom stereocenters. The minimum absolute atomic E-state index is 0.179. The Morgan fingerprint density at radius 1 is 0.900 bits per heavy atom. The highest BCUT2D eigenvalue weighted by atomic mass is 35.5. The van der Waals surface area contributed by atoms with Gasteiger partial charge in [0.25, 0.3) is 0 Å². The zero-order valence-corrected chi connectivity index (χ0v) is 23.8. The Balaban J connectivity index is 1.21. The third-order valence-electron chi connectivity index (χ3n) is 8.18. The van der Waals surface area contributed by atoms with Gasteiger partial charge in [0.15, 0.2) is 0 Å². The molecule has 0 bridgehead atoms. The van der Waals surface area contributed by atoms with E-state index < -0.39 is 0 Å². The lowest BCUT2D eigenvalue weighted by Crippen LogP contribution is -2.25. The Morgan fingerprint density at radius 2 is 1.62 bits per heavy atom. The molecule has 4 aromatic rings. The number of aromatic amines is 1. The summed E-state index contributed by atoms with van der Waals surface area (Å²) in [6, 6.07) is 21.5. The molecule has 1 fully saturated rings. The van der Waals surface area contributed by atoms with Crippen LogP contribution in [0.1, 0.15) is 61.3 Å². The van der Waals surface area contributed by atoms with Crippen molar-refractivity contribution in [3.63, 3.8) is 0 Å². The number of hydrogen-bond donors (Lipinski definition) is 1. The van der Waals surface area contributed by atoms with Crippen LogP contribution in [0.5, 0.6) is 11.5 Å². The summed E-state index contributed by atoms with van der Waals surface area (Å²) in [6.45, 7) is 1.51. The number of fused-ring (bicyclic) bond motifs is 3. The first-order valence-corrected chi connectivity index (χ1v) is 14.9. The zero-order chi connectivity index (χ0) is 27.5. The minimum atomic E-state index is -0.214. The summed E-state index contributed by atoms with van der Waals surface area (Å²) in [6.07, 6.45) is 6.09. The molecule has 0 radical (unpaired) electrons. The quantitative estimate of drug-likeness (QED) is 0.136. The molecular formula is C33H33Cl2NO4. The normalized spacial score (nSPS) is 19.6. The average molecular weight is 579 g/mol. The number of esters is 1. The highest BCUT2D eigenvalue weighted by Crippen LogP contribution is 2.42. The van der Waals surface area contributed by atoms with Crippen molar-refractivity contribution < 1.29 is 19.0 Å². The molecule has 1 N–H and O–H groups in total. The van der Waals surface area contributed by atoms with Gasteiger partial charge in [-0.15, -0.1) is 0 Å². The highest BCUT2D eigenvalue weighted by molar-refractivity contribution is 6.31. The van der Waals surface area contributed by atoms with Crippen molar-refractivity contribution in [3.05, 3.63) is 93.6 Å². The standard InChI is InChI=1S/C33H33Cl2NO4/c34-23-5-10-26(11-6-23)40-32(37)14-2-21-1-12-28-30-20-24(35)7-13-31(30)36-33(28)29(19-21)22-3-8-25(9-4-22)39-27-15-17-38-18-16-27/h3-11,13,20-21,27,29,36H,1-2,12,14-19H2. The molecule has 1 aliphatic heterocycles. The van der Waals surface area contributed by atoms with E-state index >= 15 is 0 Å². The summed E-state index contributed by atoms with van der Waals surface area (Å²) >= 11 is 12.4. The molecule has 5 nitrogen and oxygen atoms in total. The van der Waals surface area contributed by atoms with E-state index in [1.54, 1.807) is 24.3 Å². The third-order valence-corrected chi connectivity index (χ3v) is 8.66. The number of hydrogen-bond acceptors (Lipinski definition) is 4. The van der Waals surface area contributed by atoms with Gasteiger partial charge in [0.05, 0.1) is 13.2 Å². The lowest BCUT2D eigenvalue weighted by molar-refractivity contribution is -0.134. The topological polar surface area (TPSA) is 60.6 Å². The first-order chi connectivity index (χ1) is 19.5.